The summed E-state index contributed by atoms with van der Waals surface area (Å²) in [5.41, 5.74) is -0.690. The highest BCUT2D eigenvalue weighted by Gasteiger charge is 2.27. The number of sulfonamides is 1. The van der Waals surface area contributed by atoms with E-state index < -0.39 is 10.0 Å². The third kappa shape index (κ3) is 4.31. The first kappa shape index (κ1) is 19.7. The summed E-state index contributed by atoms with van der Waals surface area (Å²) in [6.07, 6.45) is 0.815. The van der Waals surface area contributed by atoms with Crippen molar-refractivity contribution >= 4 is 15.8 Å². The van der Waals surface area contributed by atoms with Crippen molar-refractivity contribution in [1.29, 1.82) is 0 Å². The fourth-order valence-electron chi connectivity index (χ4n) is 3.04. The quantitative estimate of drug-likeness (QED) is 0.654. The summed E-state index contributed by atoms with van der Waals surface area (Å²) in [5.74, 6) is 0.617. The van der Waals surface area contributed by atoms with E-state index in [-0.39, 0.29) is 29.1 Å². The van der Waals surface area contributed by atoms with Gasteiger partial charge in [-0.2, -0.15) is 0 Å². The third-order valence-corrected chi connectivity index (χ3v) is 6.58. The van der Waals surface area contributed by atoms with E-state index in [1.807, 2.05) is 11.8 Å². The van der Waals surface area contributed by atoms with Crippen LogP contribution in [0.1, 0.15) is 13.3 Å². The molecule has 142 valence electrons. The second-order valence-corrected chi connectivity index (χ2v) is 9.03. The predicted octanol–water partition coefficient (Wildman–Crippen LogP) is -1.47. The maximum absolute atomic E-state index is 12.1. The molecule has 9 nitrogen and oxygen atoms in total. The van der Waals surface area contributed by atoms with E-state index in [2.05, 4.69) is 5.32 Å². The molecule has 2 rings (SSSR count). The Morgan fingerprint density at radius 2 is 1.92 bits per heavy atom. The maximum Gasteiger partial charge on any atom is 0.332 e. The molecule has 0 bridgehead atoms. The zero-order valence-electron chi connectivity index (χ0n) is 15.4. The molecule has 1 unspecified atom stereocenters. The van der Waals surface area contributed by atoms with Crippen LogP contribution >= 0.6 is 0 Å². The molecule has 2 atom stereocenters. The van der Waals surface area contributed by atoms with Gasteiger partial charge >= 0.3 is 5.69 Å². The Balaban J connectivity index is 2.06. The molecule has 0 radical (unpaired) electrons. The van der Waals surface area contributed by atoms with Gasteiger partial charge in [0.05, 0.1) is 5.75 Å². The van der Waals surface area contributed by atoms with Crippen LogP contribution in [0.25, 0.3) is 0 Å². The van der Waals surface area contributed by atoms with Crippen molar-refractivity contribution in [2.24, 2.45) is 14.1 Å². The van der Waals surface area contributed by atoms with E-state index in [1.165, 1.54) is 36.1 Å². The molecule has 0 aromatic carbocycles. The number of nitrogens with zero attached hydrogens (tertiary/aromatic N) is 4. The van der Waals surface area contributed by atoms with Gasteiger partial charge in [-0.05, 0) is 13.3 Å². The van der Waals surface area contributed by atoms with Gasteiger partial charge in [-0.15, -0.1) is 0 Å². The van der Waals surface area contributed by atoms with Gasteiger partial charge in [-0.3, -0.25) is 13.9 Å². The molecule has 0 aliphatic carbocycles. The Hall–Kier alpha value is -1.65. The van der Waals surface area contributed by atoms with Crippen molar-refractivity contribution < 1.29 is 8.42 Å². The van der Waals surface area contributed by atoms with Gasteiger partial charge in [0.1, 0.15) is 5.82 Å². The molecule has 1 fully saturated rings. The standard InChI is InChI=1S/C15H27N5O4S/c1-11(10-25(23,24)17(2)3)16-12-6-7-20(9-12)13-8-14(21)19(5)15(22)18(13)4/h8,11-12,16H,6-7,9-10H2,1-5H3/t11?,12-/m1/s1. The lowest BCUT2D eigenvalue weighted by molar-refractivity contribution is 0.470. The van der Waals surface area contributed by atoms with E-state index in [0.29, 0.717) is 18.9 Å². The highest BCUT2D eigenvalue weighted by Crippen LogP contribution is 2.17. The summed E-state index contributed by atoms with van der Waals surface area (Å²) >= 11 is 0. The molecule has 25 heavy (non-hydrogen) atoms. The van der Waals surface area contributed by atoms with Crippen LogP contribution in [0.4, 0.5) is 5.82 Å². The Morgan fingerprint density at radius 3 is 2.52 bits per heavy atom. The second kappa shape index (κ2) is 7.30. The minimum Gasteiger partial charge on any atom is -0.356 e. The van der Waals surface area contributed by atoms with Crippen LogP contribution in [0.15, 0.2) is 15.7 Å². The first-order valence-corrected chi connectivity index (χ1v) is 9.82. The van der Waals surface area contributed by atoms with Gasteiger partial charge in [0.25, 0.3) is 5.56 Å². The lowest BCUT2D eigenvalue weighted by atomic mass is 10.2. The highest BCUT2D eigenvalue weighted by atomic mass is 32.2. The van der Waals surface area contributed by atoms with Crippen LogP contribution in [-0.2, 0) is 24.1 Å². The smallest absolute Gasteiger partial charge is 0.332 e. The molecular weight excluding hydrogens is 346 g/mol. The first-order valence-electron chi connectivity index (χ1n) is 8.21. The fourth-order valence-corrected chi connectivity index (χ4v) is 4.07. The lowest BCUT2D eigenvalue weighted by Gasteiger charge is -2.23. The topological polar surface area (TPSA) is 96.7 Å². The van der Waals surface area contributed by atoms with Gasteiger partial charge in [0, 0.05) is 59.4 Å². The molecular formula is C15H27N5O4S. The lowest BCUT2D eigenvalue weighted by Crippen LogP contribution is -2.44. The molecule has 1 aliphatic rings. The van der Waals surface area contributed by atoms with E-state index in [9.17, 15) is 18.0 Å². The Labute approximate surface area is 147 Å². The van der Waals surface area contributed by atoms with Gasteiger partial charge in [0.2, 0.25) is 10.0 Å². The number of aromatic nitrogens is 2. The van der Waals surface area contributed by atoms with Crippen LogP contribution in [0.2, 0.25) is 0 Å². The summed E-state index contributed by atoms with van der Waals surface area (Å²) in [4.78, 5) is 25.9. The molecule has 10 heteroatoms. The minimum atomic E-state index is -3.26. The van der Waals surface area contributed by atoms with E-state index >= 15 is 0 Å². The Kier molecular flexibility index (Phi) is 5.75. The number of hydrogen-bond donors (Lipinski definition) is 1. The molecule has 0 saturated carbocycles. The summed E-state index contributed by atoms with van der Waals surface area (Å²) in [7, 11) is 2.88. The van der Waals surface area contributed by atoms with Crippen LogP contribution in [0, 0.1) is 0 Å². The van der Waals surface area contributed by atoms with Crippen molar-refractivity contribution in [3.8, 4) is 0 Å². The van der Waals surface area contributed by atoms with Crippen molar-refractivity contribution in [2.45, 2.75) is 25.4 Å². The van der Waals surface area contributed by atoms with Crippen LogP contribution in [0.3, 0.4) is 0 Å². The number of hydrogen-bond acceptors (Lipinski definition) is 6. The monoisotopic (exact) mass is 373 g/mol. The second-order valence-electron chi connectivity index (χ2n) is 6.80. The number of rotatable bonds is 6. The maximum atomic E-state index is 12.1. The number of nitrogens with one attached hydrogen (secondary N) is 1. The minimum absolute atomic E-state index is 0.0286. The summed E-state index contributed by atoms with van der Waals surface area (Å²) in [5, 5.41) is 3.33. The average molecular weight is 373 g/mol. The van der Waals surface area contributed by atoms with Crippen molar-refractivity contribution in [1.82, 2.24) is 18.8 Å². The molecule has 1 aromatic rings. The molecule has 1 aromatic heterocycles. The normalized spacial score (nSPS) is 19.6. The molecule has 1 N–H and O–H groups in total. The molecule has 1 saturated heterocycles. The summed E-state index contributed by atoms with van der Waals surface area (Å²) in [6, 6.07) is 1.38. The van der Waals surface area contributed by atoms with E-state index in [0.717, 1.165) is 11.0 Å². The zero-order valence-corrected chi connectivity index (χ0v) is 16.2. The SMILES string of the molecule is CC(CS(=O)(=O)N(C)C)N[C@@H]1CCN(c2cc(=O)n(C)c(=O)n2C)C1. The fraction of sp³-hybridized carbons (Fsp3) is 0.733. The molecule has 2 heterocycles. The number of anilines is 1. The van der Waals surface area contributed by atoms with Gasteiger partial charge < -0.3 is 10.2 Å². The molecule has 0 amide bonds. The van der Waals surface area contributed by atoms with Gasteiger partial charge in [-0.25, -0.2) is 17.5 Å². The Morgan fingerprint density at radius 1 is 1.28 bits per heavy atom. The van der Waals surface area contributed by atoms with Crippen LogP contribution < -0.4 is 21.5 Å². The summed E-state index contributed by atoms with van der Waals surface area (Å²) in [6.45, 7) is 3.16. The zero-order chi connectivity index (χ0) is 18.9. The van der Waals surface area contributed by atoms with Gasteiger partial charge in [0.15, 0.2) is 0 Å². The van der Waals surface area contributed by atoms with Crippen molar-refractivity contribution in [3.05, 3.63) is 26.9 Å². The van der Waals surface area contributed by atoms with Crippen LogP contribution in [0.5, 0.6) is 0 Å². The summed E-state index contributed by atoms with van der Waals surface area (Å²) < 4.78 is 27.7. The molecule has 1 aliphatic heterocycles. The molecule has 0 spiro atoms. The first-order chi connectivity index (χ1) is 11.5. The highest BCUT2D eigenvalue weighted by molar-refractivity contribution is 7.89. The van der Waals surface area contributed by atoms with Gasteiger partial charge in [-0.1, -0.05) is 0 Å². The largest absolute Gasteiger partial charge is 0.356 e. The Bertz CT molecular complexity index is 842. The van der Waals surface area contributed by atoms with Crippen LogP contribution in [-0.4, -0.2) is 66.9 Å². The van der Waals surface area contributed by atoms with E-state index in [4.69, 9.17) is 0 Å². The van der Waals surface area contributed by atoms with E-state index in [1.54, 1.807) is 7.05 Å². The van der Waals surface area contributed by atoms with Crippen molar-refractivity contribution in [3.63, 3.8) is 0 Å². The van der Waals surface area contributed by atoms with Crippen molar-refractivity contribution in [2.75, 3.05) is 37.8 Å². The third-order valence-electron chi connectivity index (χ3n) is 4.55. The average Bonchev–Trinajstić information content (AvgIpc) is 2.96. The predicted molar refractivity (Wildman–Crippen MR) is 97.6 cm³/mol.